The summed E-state index contributed by atoms with van der Waals surface area (Å²) in [6, 6.07) is 16.4. The van der Waals surface area contributed by atoms with Crippen LogP contribution in [0.5, 0.6) is 0 Å². The van der Waals surface area contributed by atoms with Gasteiger partial charge in [0.15, 0.2) is 0 Å². The van der Waals surface area contributed by atoms with Crippen LogP contribution in [0.25, 0.3) is 11.1 Å². The number of carbonyl (C=O) groups excluding carboxylic acids is 1. The molecule has 2 aliphatic rings. The fourth-order valence-corrected chi connectivity index (χ4v) is 4.71. The van der Waals surface area contributed by atoms with Gasteiger partial charge in [0.1, 0.15) is 5.54 Å². The molecule has 1 aromatic heterocycles. The van der Waals surface area contributed by atoms with Crippen LogP contribution in [0, 0.1) is 5.92 Å². The summed E-state index contributed by atoms with van der Waals surface area (Å²) in [5.74, 6) is -0.151. The quantitative estimate of drug-likeness (QED) is 0.658. The first-order valence-electron chi connectivity index (χ1n) is 9.60. The average molecular weight is 374 g/mol. The van der Waals surface area contributed by atoms with Gasteiger partial charge >= 0.3 is 0 Å². The number of aryl methyl sites for hydroxylation is 1. The van der Waals surface area contributed by atoms with Crippen LogP contribution < -0.4 is 10.2 Å². The van der Waals surface area contributed by atoms with Gasteiger partial charge in [0.25, 0.3) is 0 Å². The van der Waals surface area contributed by atoms with E-state index in [1.165, 1.54) is 5.56 Å². The highest BCUT2D eigenvalue weighted by atomic mass is 16.3. The number of anilines is 2. The Kier molecular flexibility index (Phi) is 3.94. The van der Waals surface area contributed by atoms with Gasteiger partial charge in [-0.1, -0.05) is 30.3 Å². The van der Waals surface area contributed by atoms with E-state index in [1.807, 2.05) is 42.6 Å². The number of hydrogen-bond acceptors (Lipinski definition) is 4. The Labute approximate surface area is 163 Å². The second-order valence-corrected chi connectivity index (χ2v) is 7.51. The van der Waals surface area contributed by atoms with Gasteiger partial charge in [0, 0.05) is 35.6 Å². The summed E-state index contributed by atoms with van der Waals surface area (Å²) in [4.78, 5) is 15.2. The Morgan fingerprint density at radius 1 is 1.14 bits per heavy atom. The normalized spacial score (nSPS) is 23.7. The van der Waals surface area contributed by atoms with Crippen molar-refractivity contribution in [1.82, 2.24) is 15.5 Å². The Balaban J connectivity index is 1.65. The van der Waals surface area contributed by atoms with Gasteiger partial charge in [0.05, 0.1) is 12.8 Å². The zero-order chi connectivity index (χ0) is 19.1. The molecule has 0 bridgehead atoms. The van der Waals surface area contributed by atoms with E-state index in [0.29, 0.717) is 13.0 Å². The van der Waals surface area contributed by atoms with E-state index in [9.17, 15) is 9.90 Å². The van der Waals surface area contributed by atoms with Crippen LogP contribution >= 0.6 is 0 Å². The van der Waals surface area contributed by atoms with Crippen LogP contribution in [0.1, 0.15) is 12.0 Å². The molecule has 5 rings (SSSR count). The van der Waals surface area contributed by atoms with Crippen LogP contribution in [-0.2, 0) is 11.2 Å². The van der Waals surface area contributed by atoms with Crippen molar-refractivity contribution in [2.45, 2.75) is 18.4 Å². The molecule has 2 aromatic carbocycles. The van der Waals surface area contributed by atoms with Gasteiger partial charge in [-0.05, 0) is 42.2 Å². The van der Waals surface area contributed by atoms with Gasteiger partial charge in [-0.3, -0.25) is 9.89 Å². The number of nitrogens with zero attached hydrogens (tertiary/aromatic N) is 2. The molecule has 3 N–H and O–H groups in total. The first-order chi connectivity index (χ1) is 13.7. The Bertz CT molecular complexity index is 1000. The lowest BCUT2D eigenvalue weighted by Crippen LogP contribution is -2.58. The van der Waals surface area contributed by atoms with Crippen molar-refractivity contribution >= 4 is 17.3 Å². The van der Waals surface area contributed by atoms with Crippen molar-refractivity contribution in [2.75, 3.05) is 18.1 Å². The lowest BCUT2D eigenvalue weighted by molar-refractivity contribution is -0.124. The third-order valence-corrected chi connectivity index (χ3v) is 6.16. The SMILES string of the molecule is O=C1NCC(CO)C12CCc1ccccc1N2c1ccc(-c2cn[nH]c2)cc1. The van der Waals surface area contributed by atoms with Crippen molar-refractivity contribution < 1.29 is 9.90 Å². The van der Waals surface area contributed by atoms with E-state index in [4.69, 9.17) is 0 Å². The van der Waals surface area contributed by atoms with E-state index in [1.54, 1.807) is 6.20 Å². The number of aromatic amines is 1. The standard InChI is InChI=1S/C22H22N4O2/c27-14-18-13-23-21(28)22(18)10-9-16-3-1-2-4-20(16)26(22)19-7-5-15(6-8-19)17-11-24-25-12-17/h1-8,11-12,18,27H,9-10,13-14H2,(H,23,28)(H,24,25). The highest BCUT2D eigenvalue weighted by molar-refractivity contribution is 5.96. The molecule has 0 aliphatic carbocycles. The largest absolute Gasteiger partial charge is 0.396 e. The van der Waals surface area contributed by atoms with Crippen LogP contribution in [0.15, 0.2) is 60.9 Å². The molecule has 142 valence electrons. The zero-order valence-corrected chi connectivity index (χ0v) is 15.4. The molecule has 2 atom stereocenters. The molecule has 6 heteroatoms. The fourth-order valence-electron chi connectivity index (χ4n) is 4.71. The summed E-state index contributed by atoms with van der Waals surface area (Å²) in [7, 11) is 0. The maximum atomic E-state index is 13.1. The number of carbonyl (C=O) groups is 1. The molecule has 0 saturated carbocycles. The molecule has 1 spiro atoms. The first-order valence-corrected chi connectivity index (χ1v) is 9.60. The monoisotopic (exact) mass is 374 g/mol. The molecule has 2 aliphatic heterocycles. The zero-order valence-electron chi connectivity index (χ0n) is 15.4. The number of para-hydroxylation sites is 1. The van der Waals surface area contributed by atoms with E-state index in [-0.39, 0.29) is 18.4 Å². The molecule has 1 amide bonds. The summed E-state index contributed by atoms with van der Waals surface area (Å²) in [6.07, 6.45) is 5.16. The maximum Gasteiger partial charge on any atom is 0.246 e. The number of amides is 1. The average Bonchev–Trinajstić information content (AvgIpc) is 3.38. The predicted octanol–water partition coefficient (Wildman–Crippen LogP) is 2.64. The summed E-state index contributed by atoms with van der Waals surface area (Å²) < 4.78 is 0. The second-order valence-electron chi connectivity index (χ2n) is 7.51. The number of nitrogens with one attached hydrogen (secondary N) is 2. The molecule has 0 radical (unpaired) electrons. The van der Waals surface area contributed by atoms with Crippen molar-refractivity contribution in [2.24, 2.45) is 5.92 Å². The highest BCUT2D eigenvalue weighted by Crippen LogP contribution is 2.47. The summed E-state index contributed by atoms with van der Waals surface area (Å²) in [6.45, 7) is 0.478. The molecule has 3 heterocycles. The first kappa shape index (κ1) is 17.0. The number of hydrogen-bond donors (Lipinski definition) is 3. The van der Waals surface area contributed by atoms with Crippen molar-refractivity contribution in [3.8, 4) is 11.1 Å². The predicted molar refractivity (Wildman–Crippen MR) is 107 cm³/mol. The van der Waals surface area contributed by atoms with E-state index < -0.39 is 5.54 Å². The van der Waals surface area contributed by atoms with Crippen molar-refractivity contribution in [1.29, 1.82) is 0 Å². The number of rotatable bonds is 3. The highest BCUT2D eigenvalue weighted by Gasteiger charge is 2.56. The number of aromatic nitrogens is 2. The van der Waals surface area contributed by atoms with Crippen LogP contribution in [0.2, 0.25) is 0 Å². The maximum absolute atomic E-state index is 13.1. The number of aliphatic hydroxyl groups is 1. The van der Waals surface area contributed by atoms with Crippen LogP contribution in [0.4, 0.5) is 11.4 Å². The van der Waals surface area contributed by atoms with Gasteiger partial charge < -0.3 is 15.3 Å². The summed E-state index contributed by atoms with van der Waals surface area (Å²) in [5, 5.41) is 19.9. The molecule has 2 unspecified atom stereocenters. The smallest absolute Gasteiger partial charge is 0.246 e. The molecule has 3 aromatic rings. The number of aliphatic hydroxyl groups excluding tert-OH is 1. The van der Waals surface area contributed by atoms with E-state index in [2.05, 4.69) is 32.5 Å². The van der Waals surface area contributed by atoms with Crippen LogP contribution in [0.3, 0.4) is 0 Å². The minimum absolute atomic E-state index is 0.0000332. The van der Waals surface area contributed by atoms with Gasteiger partial charge in [0.2, 0.25) is 5.91 Å². The third kappa shape index (κ3) is 2.38. The van der Waals surface area contributed by atoms with Gasteiger partial charge in [-0.25, -0.2) is 0 Å². The molecule has 1 fully saturated rings. The fraction of sp³-hybridized carbons (Fsp3) is 0.273. The van der Waals surface area contributed by atoms with Crippen molar-refractivity contribution in [3.05, 3.63) is 66.5 Å². The van der Waals surface area contributed by atoms with Gasteiger partial charge in [-0.2, -0.15) is 5.10 Å². The lowest BCUT2D eigenvalue weighted by Gasteiger charge is -2.48. The molecule has 6 nitrogen and oxygen atoms in total. The Morgan fingerprint density at radius 3 is 2.71 bits per heavy atom. The topological polar surface area (TPSA) is 81.2 Å². The Hall–Kier alpha value is -3.12. The van der Waals surface area contributed by atoms with Crippen molar-refractivity contribution in [3.63, 3.8) is 0 Å². The third-order valence-electron chi connectivity index (χ3n) is 6.16. The molecular formula is C22H22N4O2. The number of benzene rings is 2. The Morgan fingerprint density at radius 2 is 1.96 bits per heavy atom. The minimum atomic E-state index is -0.764. The number of fused-ring (bicyclic) bond motifs is 1. The van der Waals surface area contributed by atoms with E-state index >= 15 is 0 Å². The second kappa shape index (κ2) is 6.49. The van der Waals surface area contributed by atoms with Gasteiger partial charge in [-0.15, -0.1) is 0 Å². The molecule has 28 heavy (non-hydrogen) atoms. The molecular weight excluding hydrogens is 352 g/mol. The van der Waals surface area contributed by atoms with Crippen LogP contribution in [-0.4, -0.2) is 39.9 Å². The summed E-state index contributed by atoms with van der Waals surface area (Å²) >= 11 is 0. The minimum Gasteiger partial charge on any atom is -0.396 e. The lowest BCUT2D eigenvalue weighted by atomic mass is 9.76. The number of H-pyrrole nitrogens is 1. The molecule has 1 saturated heterocycles. The van der Waals surface area contributed by atoms with E-state index in [0.717, 1.165) is 28.9 Å². The summed E-state index contributed by atoms with van der Waals surface area (Å²) in [5.41, 5.74) is 4.54.